The lowest BCUT2D eigenvalue weighted by Crippen LogP contribution is -2.43. The summed E-state index contributed by atoms with van der Waals surface area (Å²) in [5.41, 5.74) is 2.49. The van der Waals surface area contributed by atoms with E-state index in [9.17, 15) is 0 Å². The topological polar surface area (TPSA) is 33.7 Å². The fourth-order valence-electron chi connectivity index (χ4n) is 2.32. The molecule has 0 aliphatic carbocycles. The third-order valence-electron chi connectivity index (χ3n) is 3.50. The Morgan fingerprint density at radius 1 is 1.17 bits per heavy atom. The van der Waals surface area contributed by atoms with Crippen molar-refractivity contribution >= 4 is 0 Å². The highest BCUT2D eigenvalue weighted by molar-refractivity contribution is 5.45. The second-order valence-electron chi connectivity index (χ2n) is 4.64. The van der Waals surface area contributed by atoms with E-state index < -0.39 is 0 Å². The average molecular weight is 250 g/mol. The highest BCUT2D eigenvalue weighted by Gasteiger charge is 2.14. The van der Waals surface area contributed by atoms with Gasteiger partial charge in [-0.15, -0.1) is 0 Å². The number of rotatable bonds is 4. The zero-order chi connectivity index (χ0) is 13.0. The first-order chi connectivity index (χ1) is 8.74. The summed E-state index contributed by atoms with van der Waals surface area (Å²) in [4.78, 5) is 2.46. The minimum atomic E-state index is 0.864. The number of benzene rings is 1. The van der Waals surface area contributed by atoms with Crippen LogP contribution in [0.3, 0.4) is 0 Å². The van der Waals surface area contributed by atoms with Crippen LogP contribution >= 0.6 is 0 Å². The number of piperazine rings is 1. The van der Waals surface area contributed by atoms with Gasteiger partial charge in [-0.2, -0.15) is 0 Å². The van der Waals surface area contributed by atoms with E-state index >= 15 is 0 Å². The highest BCUT2D eigenvalue weighted by atomic mass is 16.5. The first-order valence-electron chi connectivity index (χ1n) is 6.39. The predicted octanol–water partition coefficient (Wildman–Crippen LogP) is 1.42. The monoisotopic (exact) mass is 250 g/mol. The molecule has 0 atom stereocenters. The highest BCUT2D eigenvalue weighted by Crippen LogP contribution is 2.28. The molecular weight excluding hydrogens is 228 g/mol. The van der Waals surface area contributed by atoms with Gasteiger partial charge in [-0.3, -0.25) is 4.90 Å². The van der Waals surface area contributed by atoms with Gasteiger partial charge in [0.25, 0.3) is 0 Å². The van der Waals surface area contributed by atoms with E-state index in [2.05, 4.69) is 23.2 Å². The van der Waals surface area contributed by atoms with E-state index in [4.69, 9.17) is 9.47 Å². The van der Waals surface area contributed by atoms with Crippen molar-refractivity contribution in [2.45, 2.75) is 13.5 Å². The Morgan fingerprint density at radius 3 is 2.50 bits per heavy atom. The van der Waals surface area contributed by atoms with Gasteiger partial charge in [-0.1, -0.05) is 0 Å². The SMILES string of the molecule is COc1cc(CN2CCNCC2)c(C)c(OC)c1. The zero-order valence-corrected chi connectivity index (χ0v) is 11.5. The first-order valence-corrected chi connectivity index (χ1v) is 6.39. The third kappa shape index (κ3) is 2.94. The van der Waals surface area contributed by atoms with Gasteiger partial charge in [0.05, 0.1) is 14.2 Å². The molecular formula is C14H22N2O2. The molecule has 0 saturated carbocycles. The maximum atomic E-state index is 5.41. The van der Waals surface area contributed by atoms with Crippen LogP contribution in [0.1, 0.15) is 11.1 Å². The smallest absolute Gasteiger partial charge is 0.125 e. The van der Waals surface area contributed by atoms with E-state index in [0.717, 1.165) is 44.2 Å². The molecule has 2 rings (SSSR count). The minimum Gasteiger partial charge on any atom is -0.497 e. The molecule has 1 saturated heterocycles. The van der Waals surface area contributed by atoms with Crippen LogP contribution in [0.5, 0.6) is 11.5 Å². The van der Waals surface area contributed by atoms with Crippen LogP contribution in [0.15, 0.2) is 12.1 Å². The number of nitrogens with one attached hydrogen (secondary N) is 1. The van der Waals surface area contributed by atoms with Gasteiger partial charge in [-0.05, 0) is 24.1 Å². The van der Waals surface area contributed by atoms with Crippen LogP contribution in [-0.4, -0.2) is 45.3 Å². The number of hydrogen-bond donors (Lipinski definition) is 1. The van der Waals surface area contributed by atoms with Gasteiger partial charge in [0, 0.05) is 38.8 Å². The van der Waals surface area contributed by atoms with Gasteiger partial charge >= 0.3 is 0 Å². The Balaban J connectivity index is 2.19. The lowest BCUT2D eigenvalue weighted by atomic mass is 10.1. The molecule has 0 bridgehead atoms. The standard InChI is InChI=1S/C14H22N2O2/c1-11-12(10-16-6-4-15-5-7-16)8-13(17-2)9-14(11)18-3/h8-9,15H,4-7,10H2,1-3H3. The molecule has 0 unspecified atom stereocenters. The summed E-state index contributed by atoms with van der Waals surface area (Å²) < 4.78 is 10.7. The molecule has 1 N–H and O–H groups in total. The fraction of sp³-hybridized carbons (Fsp3) is 0.571. The van der Waals surface area contributed by atoms with Gasteiger partial charge < -0.3 is 14.8 Å². The molecule has 0 aromatic heterocycles. The zero-order valence-electron chi connectivity index (χ0n) is 11.5. The molecule has 0 radical (unpaired) electrons. The van der Waals surface area contributed by atoms with E-state index in [1.54, 1.807) is 14.2 Å². The molecule has 1 aliphatic rings. The number of methoxy groups -OCH3 is 2. The second kappa shape index (κ2) is 6.07. The van der Waals surface area contributed by atoms with Crippen LogP contribution in [0.25, 0.3) is 0 Å². The van der Waals surface area contributed by atoms with Gasteiger partial charge in [0.2, 0.25) is 0 Å². The molecule has 4 heteroatoms. The molecule has 1 fully saturated rings. The second-order valence-corrected chi connectivity index (χ2v) is 4.64. The summed E-state index contributed by atoms with van der Waals surface area (Å²) >= 11 is 0. The van der Waals surface area contributed by atoms with E-state index in [0.29, 0.717) is 0 Å². The Morgan fingerprint density at radius 2 is 1.89 bits per heavy atom. The van der Waals surface area contributed by atoms with Crippen LogP contribution in [-0.2, 0) is 6.54 Å². The molecule has 1 heterocycles. The maximum Gasteiger partial charge on any atom is 0.125 e. The molecule has 0 amide bonds. The normalized spacial score (nSPS) is 16.6. The Kier molecular flexibility index (Phi) is 4.44. The summed E-state index contributed by atoms with van der Waals surface area (Å²) in [6.07, 6.45) is 0. The maximum absolute atomic E-state index is 5.41. The number of ether oxygens (including phenoxy) is 2. The molecule has 18 heavy (non-hydrogen) atoms. The largest absolute Gasteiger partial charge is 0.497 e. The van der Waals surface area contributed by atoms with E-state index in [1.807, 2.05) is 6.07 Å². The summed E-state index contributed by atoms with van der Waals surface area (Å²) in [7, 11) is 3.40. The van der Waals surface area contributed by atoms with Crippen molar-refractivity contribution in [3.8, 4) is 11.5 Å². The lowest BCUT2D eigenvalue weighted by molar-refractivity contribution is 0.232. The Hall–Kier alpha value is -1.26. The van der Waals surface area contributed by atoms with Gasteiger partial charge in [-0.25, -0.2) is 0 Å². The molecule has 0 spiro atoms. The quantitative estimate of drug-likeness (QED) is 0.876. The molecule has 1 aromatic rings. The lowest BCUT2D eigenvalue weighted by Gasteiger charge is -2.28. The van der Waals surface area contributed by atoms with Crippen molar-refractivity contribution < 1.29 is 9.47 Å². The Bertz CT molecular complexity index is 401. The van der Waals surface area contributed by atoms with Crippen LogP contribution in [0.2, 0.25) is 0 Å². The van der Waals surface area contributed by atoms with Gasteiger partial charge in [0.15, 0.2) is 0 Å². The first kappa shape index (κ1) is 13.2. The summed E-state index contributed by atoms with van der Waals surface area (Å²) in [6.45, 7) is 7.40. The molecule has 1 aromatic carbocycles. The summed E-state index contributed by atoms with van der Waals surface area (Å²) in [5, 5.41) is 3.37. The van der Waals surface area contributed by atoms with Crippen molar-refractivity contribution in [1.82, 2.24) is 10.2 Å². The minimum absolute atomic E-state index is 0.864. The average Bonchev–Trinajstić information content (AvgIpc) is 2.42. The molecule has 100 valence electrons. The van der Waals surface area contributed by atoms with Crippen molar-refractivity contribution in [3.05, 3.63) is 23.3 Å². The Labute approximate surface area is 109 Å². The molecule has 4 nitrogen and oxygen atoms in total. The predicted molar refractivity (Wildman–Crippen MR) is 72.4 cm³/mol. The van der Waals surface area contributed by atoms with E-state index in [-0.39, 0.29) is 0 Å². The van der Waals surface area contributed by atoms with Crippen LogP contribution < -0.4 is 14.8 Å². The number of nitrogens with zero attached hydrogens (tertiary/aromatic N) is 1. The van der Waals surface area contributed by atoms with Crippen molar-refractivity contribution in [2.75, 3.05) is 40.4 Å². The van der Waals surface area contributed by atoms with Crippen molar-refractivity contribution in [3.63, 3.8) is 0 Å². The third-order valence-corrected chi connectivity index (χ3v) is 3.50. The summed E-state index contributed by atoms with van der Waals surface area (Å²) in [5.74, 6) is 1.77. The molecule has 1 aliphatic heterocycles. The van der Waals surface area contributed by atoms with Crippen LogP contribution in [0.4, 0.5) is 0 Å². The van der Waals surface area contributed by atoms with Gasteiger partial charge in [0.1, 0.15) is 11.5 Å². The van der Waals surface area contributed by atoms with E-state index in [1.165, 1.54) is 11.1 Å². The van der Waals surface area contributed by atoms with Crippen molar-refractivity contribution in [2.24, 2.45) is 0 Å². The number of hydrogen-bond acceptors (Lipinski definition) is 4. The van der Waals surface area contributed by atoms with Crippen molar-refractivity contribution in [1.29, 1.82) is 0 Å². The fourth-order valence-corrected chi connectivity index (χ4v) is 2.32. The summed E-state index contributed by atoms with van der Waals surface area (Å²) in [6, 6.07) is 4.05. The van der Waals surface area contributed by atoms with Crippen LogP contribution in [0, 0.1) is 6.92 Å².